The minimum atomic E-state index is -0.646. The highest BCUT2D eigenvalue weighted by molar-refractivity contribution is 6.07. The fraction of sp³-hybridized carbons (Fsp3) is 0.588. The lowest BCUT2D eigenvalue weighted by atomic mass is 9.86. The average Bonchev–Trinajstić information content (AvgIpc) is 2.72. The summed E-state index contributed by atoms with van der Waals surface area (Å²) >= 11 is 0. The van der Waals surface area contributed by atoms with Gasteiger partial charge in [-0.05, 0) is 38.3 Å². The van der Waals surface area contributed by atoms with Crippen LogP contribution < -0.4 is 0 Å². The van der Waals surface area contributed by atoms with Crippen LogP contribution in [0, 0.1) is 0 Å². The second kappa shape index (κ2) is 5.92. The van der Waals surface area contributed by atoms with Gasteiger partial charge in [-0.1, -0.05) is 6.07 Å². The van der Waals surface area contributed by atoms with Gasteiger partial charge >= 0.3 is 6.03 Å². The molecule has 2 aliphatic rings. The Morgan fingerprint density at radius 1 is 1.26 bits per heavy atom. The van der Waals surface area contributed by atoms with E-state index >= 15 is 0 Å². The molecule has 0 aromatic carbocycles. The predicted octanol–water partition coefficient (Wildman–Crippen LogP) is 1.72. The molecule has 3 amide bonds. The maximum atomic E-state index is 12.8. The molecule has 6 heteroatoms. The number of hydrogen-bond acceptors (Lipinski definition) is 4. The number of piperidine rings is 1. The topological polar surface area (TPSA) is 56.8 Å². The first kappa shape index (κ1) is 15.9. The van der Waals surface area contributed by atoms with E-state index in [1.165, 1.54) is 10.5 Å². The normalized spacial score (nSPS) is 21.7. The van der Waals surface area contributed by atoms with Crippen LogP contribution in [0.25, 0.3) is 0 Å². The molecule has 0 N–H and O–H groups in total. The zero-order chi connectivity index (χ0) is 16.6. The van der Waals surface area contributed by atoms with Crippen LogP contribution in [0.15, 0.2) is 24.5 Å². The van der Waals surface area contributed by atoms with E-state index < -0.39 is 5.54 Å². The molecular weight excluding hydrogens is 292 g/mol. The molecule has 2 saturated heterocycles. The molecule has 0 aliphatic carbocycles. The Morgan fingerprint density at radius 3 is 2.48 bits per heavy atom. The fourth-order valence-corrected chi connectivity index (χ4v) is 3.63. The van der Waals surface area contributed by atoms with Crippen molar-refractivity contribution in [1.82, 2.24) is 19.7 Å². The van der Waals surface area contributed by atoms with Crippen LogP contribution in [0.3, 0.4) is 0 Å². The van der Waals surface area contributed by atoms with Crippen molar-refractivity contribution >= 4 is 11.9 Å². The molecule has 1 aromatic heterocycles. The number of aromatic nitrogens is 1. The Bertz CT molecular complexity index is 594. The third-order valence-corrected chi connectivity index (χ3v) is 5.08. The van der Waals surface area contributed by atoms with Gasteiger partial charge in [0.15, 0.2) is 0 Å². The van der Waals surface area contributed by atoms with Gasteiger partial charge in [-0.3, -0.25) is 19.6 Å². The van der Waals surface area contributed by atoms with Gasteiger partial charge in [0.05, 0.1) is 0 Å². The van der Waals surface area contributed by atoms with Crippen molar-refractivity contribution in [3.05, 3.63) is 30.1 Å². The van der Waals surface area contributed by atoms with E-state index in [-0.39, 0.29) is 18.0 Å². The summed E-state index contributed by atoms with van der Waals surface area (Å²) in [5, 5.41) is 0. The Balaban J connectivity index is 1.70. The number of imide groups is 1. The van der Waals surface area contributed by atoms with Crippen LogP contribution in [0.5, 0.6) is 0 Å². The van der Waals surface area contributed by atoms with E-state index in [1.54, 1.807) is 18.1 Å². The number of rotatable bonds is 3. The summed E-state index contributed by atoms with van der Waals surface area (Å²) in [5.74, 6) is -0.0268. The third-order valence-electron chi connectivity index (χ3n) is 5.08. The molecule has 124 valence electrons. The van der Waals surface area contributed by atoms with Crippen LogP contribution in [-0.4, -0.2) is 63.3 Å². The van der Waals surface area contributed by atoms with E-state index in [1.807, 2.05) is 26.1 Å². The van der Waals surface area contributed by atoms with Crippen LogP contribution in [0.2, 0.25) is 0 Å². The summed E-state index contributed by atoms with van der Waals surface area (Å²) < 4.78 is 0. The summed E-state index contributed by atoms with van der Waals surface area (Å²) in [6, 6.07) is 3.75. The Morgan fingerprint density at radius 2 is 1.96 bits per heavy atom. The molecule has 2 aliphatic heterocycles. The maximum absolute atomic E-state index is 12.8. The van der Waals surface area contributed by atoms with Crippen molar-refractivity contribution in [3.63, 3.8) is 0 Å². The average molecular weight is 316 g/mol. The fourth-order valence-electron chi connectivity index (χ4n) is 3.63. The highest BCUT2D eigenvalue weighted by atomic mass is 16.2. The summed E-state index contributed by atoms with van der Waals surface area (Å²) in [4.78, 5) is 34.8. The smallest absolute Gasteiger partial charge is 0.312 e. The van der Waals surface area contributed by atoms with Crippen LogP contribution in [0.4, 0.5) is 4.79 Å². The van der Waals surface area contributed by atoms with Crippen LogP contribution >= 0.6 is 0 Å². The maximum Gasteiger partial charge on any atom is 0.327 e. The van der Waals surface area contributed by atoms with Crippen molar-refractivity contribution in [1.29, 1.82) is 0 Å². The number of amides is 3. The number of nitrogens with zero attached hydrogens (tertiary/aromatic N) is 4. The number of likely N-dealkylation sites (N-methyl/N-ethyl adjacent to an activating group) is 1. The predicted molar refractivity (Wildman–Crippen MR) is 86.6 cm³/mol. The van der Waals surface area contributed by atoms with E-state index in [0.717, 1.165) is 19.6 Å². The largest absolute Gasteiger partial charge is 0.327 e. The third kappa shape index (κ3) is 2.61. The monoisotopic (exact) mass is 316 g/mol. The Labute approximate surface area is 137 Å². The first-order valence-corrected chi connectivity index (χ1v) is 8.18. The van der Waals surface area contributed by atoms with Crippen molar-refractivity contribution in [2.45, 2.75) is 44.8 Å². The standard InChI is InChI=1S/C17H24N4O2/c1-13(2)21-15(22)17(19(3)16(21)23)6-9-20(10-7-17)12-14-5-4-8-18-11-14/h4-5,8,11,13H,6-7,9-10,12H2,1-3H3. The van der Waals surface area contributed by atoms with E-state index in [9.17, 15) is 9.59 Å². The van der Waals surface area contributed by atoms with Gasteiger partial charge in [0, 0.05) is 45.1 Å². The number of carbonyl (C=O) groups is 2. The highest BCUT2D eigenvalue weighted by Crippen LogP contribution is 2.37. The molecule has 3 rings (SSSR count). The van der Waals surface area contributed by atoms with E-state index in [0.29, 0.717) is 12.8 Å². The molecule has 2 fully saturated rings. The number of carbonyl (C=O) groups excluding carboxylic acids is 2. The first-order chi connectivity index (χ1) is 11.0. The van der Waals surface area contributed by atoms with Gasteiger partial charge in [-0.25, -0.2) is 4.79 Å². The van der Waals surface area contributed by atoms with Gasteiger partial charge in [0.25, 0.3) is 5.91 Å². The molecule has 1 aromatic rings. The number of urea groups is 1. The highest BCUT2D eigenvalue weighted by Gasteiger charge is 2.56. The van der Waals surface area contributed by atoms with Crippen molar-refractivity contribution < 1.29 is 9.59 Å². The summed E-state index contributed by atoms with van der Waals surface area (Å²) in [7, 11) is 1.76. The van der Waals surface area contributed by atoms with Crippen molar-refractivity contribution in [2.75, 3.05) is 20.1 Å². The molecule has 0 atom stereocenters. The van der Waals surface area contributed by atoms with Gasteiger partial charge in [0.2, 0.25) is 0 Å². The summed E-state index contributed by atoms with van der Waals surface area (Å²) in [6.07, 6.45) is 5.03. The molecule has 0 bridgehead atoms. The lowest BCUT2D eigenvalue weighted by molar-refractivity contribution is -0.136. The molecule has 23 heavy (non-hydrogen) atoms. The van der Waals surface area contributed by atoms with Crippen LogP contribution in [-0.2, 0) is 11.3 Å². The SMILES string of the molecule is CC(C)N1C(=O)N(C)C2(CCN(Cc3cccnc3)CC2)C1=O. The number of likely N-dealkylation sites (tertiary alicyclic amines) is 1. The minimum absolute atomic E-state index is 0.0268. The first-order valence-electron chi connectivity index (χ1n) is 8.18. The Kier molecular flexibility index (Phi) is 4.10. The second-order valence-corrected chi connectivity index (χ2v) is 6.78. The minimum Gasteiger partial charge on any atom is -0.312 e. The van der Waals surface area contributed by atoms with Crippen LogP contribution in [0.1, 0.15) is 32.3 Å². The lowest BCUT2D eigenvalue weighted by Gasteiger charge is -2.40. The summed E-state index contributed by atoms with van der Waals surface area (Å²) in [6.45, 7) is 6.23. The van der Waals surface area contributed by atoms with Gasteiger partial charge < -0.3 is 4.90 Å². The van der Waals surface area contributed by atoms with E-state index in [2.05, 4.69) is 16.0 Å². The van der Waals surface area contributed by atoms with Gasteiger partial charge in [-0.2, -0.15) is 0 Å². The zero-order valence-electron chi connectivity index (χ0n) is 14.0. The number of pyridine rings is 1. The Hall–Kier alpha value is -1.95. The molecule has 0 radical (unpaired) electrons. The molecule has 1 spiro atoms. The van der Waals surface area contributed by atoms with Crippen molar-refractivity contribution in [3.8, 4) is 0 Å². The molecule has 3 heterocycles. The molecule has 0 unspecified atom stereocenters. The van der Waals surface area contributed by atoms with Gasteiger partial charge in [-0.15, -0.1) is 0 Å². The lowest BCUT2D eigenvalue weighted by Crippen LogP contribution is -2.55. The second-order valence-electron chi connectivity index (χ2n) is 6.78. The molecular formula is C17H24N4O2. The zero-order valence-corrected chi connectivity index (χ0v) is 14.0. The van der Waals surface area contributed by atoms with Gasteiger partial charge in [0.1, 0.15) is 5.54 Å². The molecule has 6 nitrogen and oxygen atoms in total. The van der Waals surface area contributed by atoms with Crippen molar-refractivity contribution in [2.24, 2.45) is 0 Å². The quantitative estimate of drug-likeness (QED) is 0.797. The number of hydrogen-bond donors (Lipinski definition) is 0. The summed E-state index contributed by atoms with van der Waals surface area (Å²) in [5.41, 5.74) is 0.529. The van der Waals surface area contributed by atoms with E-state index in [4.69, 9.17) is 0 Å². The molecule has 0 saturated carbocycles.